The molecule has 0 amide bonds. The van der Waals surface area contributed by atoms with Crippen molar-refractivity contribution in [1.29, 1.82) is 0 Å². The van der Waals surface area contributed by atoms with Crippen molar-refractivity contribution in [2.45, 2.75) is 102 Å². The Hall–Kier alpha value is -3.87. The molecule has 1 unspecified atom stereocenters. The Bertz CT molecular complexity index is 1760. The number of nitrogens with one attached hydrogen (secondary N) is 1. The van der Waals surface area contributed by atoms with E-state index in [9.17, 15) is 13.5 Å². The molecule has 4 saturated heterocycles. The van der Waals surface area contributed by atoms with Crippen molar-refractivity contribution in [1.82, 2.24) is 10.2 Å². The van der Waals surface area contributed by atoms with Crippen LogP contribution in [0.2, 0.25) is 0 Å². The van der Waals surface area contributed by atoms with Crippen LogP contribution in [0.4, 0.5) is 0 Å². The molecule has 8 rings (SSSR count). The van der Waals surface area contributed by atoms with E-state index in [0.29, 0.717) is 12.6 Å². The van der Waals surface area contributed by atoms with Crippen LogP contribution in [0.3, 0.4) is 0 Å². The number of aliphatic hydroxyl groups excluding tert-OH is 5. The SMILES string of the molecule is C=CC(C)O.CO.C[C@@H]1[C@H](O)CN1C(c1ccccc1)c1ccccc1.C[C@H](O)[C@H]1CO1.C[C@H](OS(C)(=O)=O)[C@H]1CO1.C[C@H]1NC[C@H]1O.NC(c1ccccc1)c1ccccc1. The van der Waals surface area contributed by atoms with E-state index in [2.05, 4.69) is 101 Å². The van der Waals surface area contributed by atoms with Crippen molar-refractivity contribution < 1.29 is 47.6 Å². The number of rotatable bonds is 10. The molecular weight excluding hydrogens is 811 g/mol. The average Bonchev–Trinajstić information content (AvgIpc) is 4.22. The smallest absolute Gasteiger partial charge is 0.264 e. The van der Waals surface area contributed by atoms with Crippen LogP contribution in [0.15, 0.2) is 134 Å². The Balaban J connectivity index is 0.000000272. The van der Waals surface area contributed by atoms with Crippen molar-refractivity contribution in [2.75, 3.05) is 39.7 Å². The molecule has 4 aromatic carbocycles. The largest absolute Gasteiger partial charge is 0.400 e. The summed E-state index contributed by atoms with van der Waals surface area (Å²) in [5, 5.41) is 45.3. The Morgan fingerprint density at radius 1 is 0.742 bits per heavy atom. The first-order valence-corrected chi connectivity index (χ1v) is 22.7. The Morgan fingerprint density at radius 2 is 1.10 bits per heavy atom. The minimum absolute atomic E-state index is 0.0163. The highest BCUT2D eigenvalue weighted by molar-refractivity contribution is 7.86. The van der Waals surface area contributed by atoms with Gasteiger partial charge in [0.05, 0.1) is 56.0 Å². The van der Waals surface area contributed by atoms with Crippen LogP contribution >= 0.6 is 0 Å². The van der Waals surface area contributed by atoms with Gasteiger partial charge in [0, 0.05) is 32.3 Å². The van der Waals surface area contributed by atoms with Crippen LogP contribution in [0.5, 0.6) is 0 Å². The second-order valence-electron chi connectivity index (χ2n) is 15.3. The summed E-state index contributed by atoms with van der Waals surface area (Å²) in [6, 6.07) is 42.1. The minimum atomic E-state index is -3.31. The van der Waals surface area contributed by atoms with Gasteiger partial charge >= 0.3 is 0 Å². The number of nitrogens with two attached hydrogens (primary N) is 1. The predicted molar refractivity (Wildman–Crippen MR) is 246 cm³/mol. The third kappa shape index (κ3) is 21.0. The molecule has 0 bridgehead atoms. The van der Waals surface area contributed by atoms with Gasteiger partial charge in [-0.2, -0.15) is 8.42 Å². The molecule has 0 aliphatic carbocycles. The van der Waals surface area contributed by atoms with Gasteiger partial charge in [0.1, 0.15) is 18.3 Å². The Labute approximate surface area is 369 Å². The Morgan fingerprint density at radius 3 is 1.31 bits per heavy atom. The first-order chi connectivity index (χ1) is 29.5. The summed E-state index contributed by atoms with van der Waals surface area (Å²) < 4.78 is 35.1. The summed E-state index contributed by atoms with van der Waals surface area (Å²) in [5.41, 5.74) is 11.0. The van der Waals surface area contributed by atoms with Crippen molar-refractivity contribution in [3.05, 3.63) is 156 Å². The van der Waals surface area contributed by atoms with Gasteiger partial charge in [-0.3, -0.25) is 9.08 Å². The molecule has 0 radical (unpaired) electrons. The Kier molecular flexibility index (Phi) is 25.2. The highest BCUT2D eigenvalue weighted by atomic mass is 32.2. The molecule has 14 heteroatoms. The fourth-order valence-corrected chi connectivity index (χ4v) is 6.45. The van der Waals surface area contributed by atoms with Crippen molar-refractivity contribution in [3.63, 3.8) is 0 Å². The van der Waals surface area contributed by atoms with Crippen molar-refractivity contribution in [2.24, 2.45) is 5.73 Å². The van der Waals surface area contributed by atoms with Crippen LogP contribution in [0.1, 0.15) is 69.0 Å². The monoisotopic (exact) mass is 881 g/mol. The predicted octanol–water partition coefficient (Wildman–Crippen LogP) is 4.59. The zero-order chi connectivity index (χ0) is 46.2. The quantitative estimate of drug-likeness (QED) is 0.0661. The van der Waals surface area contributed by atoms with Gasteiger partial charge < -0.3 is 46.1 Å². The lowest BCUT2D eigenvalue weighted by Crippen LogP contribution is -2.59. The van der Waals surface area contributed by atoms with Gasteiger partial charge in [-0.25, -0.2) is 0 Å². The average molecular weight is 882 g/mol. The van der Waals surface area contributed by atoms with E-state index in [0.717, 1.165) is 44.2 Å². The molecule has 62 heavy (non-hydrogen) atoms. The van der Waals surface area contributed by atoms with Crippen molar-refractivity contribution in [3.8, 4) is 0 Å². The summed E-state index contributed by atoms with van der Waals surface area (Å²) in [6.07, 6.45) is 1.42. The number of ether oxygens (including phenoxy) is 2. The van der Waals surface area contributed by atoms with Crippen LogP contribution in [-0.2, 0) is 23.8 Å². The maximum Gasteiger partial charge on any atom is 0.264 e. The van der Waals surface area contributed by atoms with E-state index in [1.54, 1.807) is 20.8 Å². The number of benzene rings is 4. The molecule has 4 aromatic rings. The third-order valence-electron chi connectivity index (χ3n) is 10.0. The van der Waals surface area contributed by atoms with Gasteiger partial charge in [-0.1, -0.05) is 127 Å². The second kappa shape index (κ2) is 28.7. The highest BCUT2D eigenvalue weighted by Crippen LogP contribution is 2.35. The van der Waals surface area contributed by atoms with Gasteiger partial charge in [-0.15, -0.1) is 6.58 Å². The fourth-order valence-electron chi connectivity index (χ4n) is 5.77. The molecule has 0 spiro atoms. The molecule has 0 saturated carbocycles. The molecular formula is C48H71N3O10S. The maximum absolute atomic E-state index is 10.5. The molecule has 4 heterocycles. The van der Waals surface area contributed by atoms with E-state index >= 15 is 0 Å². The number of likely N-dealkylation sites (tertiary alicyclic amines) is 1. The van der Waals surface area contributed by atoms with E-state index in [1.165, 1.54) is 17.2 Å². The number of hydrogen-bond acceptors (Lipinski definition) is 13. The van der Waals surface area contributed by atoms with Gasteiger partial charge in [0.15, 0.2) is 0 Å². The van der Waals surface area contributed by atoms with E-state index < -0.39 is 10.1 Å². The first kappa shape index (κ1) is 54.3. The summed E-state index contributed by atoms with van der Waals surface area (Å²) in [5.74, 6) is 0. The normalized spacial score (nSPS) is 23.1. The topological polar surface area (TPSA) is 211 Å². The van der Waals surface area contributed by atoms with Crippen molar-refractivity contribution >= 4 is 10.1 Å². The molecule has 344 valence electrons. The van der Waals surface area contributed by atoms with E-state index in [-0.39, 0.29) is 60.9 Å². The summed E-state index contributed by atoms with van der Waals surface area (Å²) in [6.45, 7) is 15.3. The fraction of sp³-hybridized carbons (Fsp3) is 0.458. The summed E-state index contributed by atoms with van der Waals surface area (Å²) in [7, 11) is -2.31. The lowest BCUT2D eigenvalue weighted by Gasteiger charge is -2.48. The van der Waals surface area contributed by atoms with Crippen LogP contribution in [0, 0.1) is 0 Å². The molecule has 8 N–H and O–H groups in total. The molecule has 0 aromatic heterocycles. The number of hydrogen-bond donors (Lipinski definition) is 7. The number of epoxide rings is 2. The molecule has 4 aliphatic heterocycles. The van der Waals surface area contributed by atoms with E-state index in [4.69, 9.17) is 35.6 Å². The van der Waals surface area contributed by atoms with Gasteiger partial charge in [0.2, 0.25) is 0 Å². The first-order valence-electron chi connectivity index (χ1n) is 20.9. The lowest BCUT2D eigenvalue weighted by molar-refractivity contribution is -0.0693. The summed E-state index contributed by atoms with van der Waals surface area (Å²) >= 11 is 0. The molecule has 4 aliphatic rings. The van der Waals surface area contributed by atoms with Gasteiger partial charge in [-0.05, 0) is 56.9 Å². The summed E-state index contributed by atoms with van der Waals surface area (Å²) in [4.78, 5) is 2.36. The maximum atomic E-state index is 10.5. The van der Waals surface area contributed by atoms with Gasteiger partial charge in [0.25, 0.3) is 10.1 Å². The van der Waals surface area contributed by atoms with E-state index in [1.807, 2.05) is 55.5 Å². The zero-order valence-electron chi connectivity index (χ0n) is 37.2. The van der Waals surface area contributed by atoms with Crippen LogP contribution in [0.25, 0.3) is 0 Å². The number of β-amino-alcohol motifs (C(OH)–C–C–N with tert-alkyl or cyclic N) is 2. The zero-order valence-corrected chi connectivity index (χ0v) is 38.0. The van der Waals surface area contributed by atoms with Crippen LogP contribution in [-0.4, -0.2) is 133 Å². The molecule has 13 nitrogen and oxygen atoms in total. The molecule has 9 atom stereocenters. The highest BCUT2D eigenvalue weighted by Gasteiger charge is 2.39. The van der Waals surface area contributed by atoms with Crippen LogP contribution < -0.4 is 11.1 Å². The second-order valence-corrected chi connectivity index (χ2v) is 16.9. The standard InChI is InChI=1S/C17H19NO.C13H13N.C5H10O4S.C4H9NO.C4H8O2.C4H8O.CH4O/c1-13-16(19)12-18(13)17(14-8-4-2-5-9-14)15-10-6-3-7-11-15;14-13(11-7-3-1-4-8-11)12-9-5-2-6-10-12;1-4(5-3-8-5)9-10(2,6)7;1-3-4(6)2-5-3;1-3(5)4-2-6-4;1-3-4(2)5;1-2/h2-11,13,16-17,19H,12H2,1H3;1-10,13H,14H2;4-5H,3H2,1-2H3;3-6H,2H2,1H3;3-5H,2H2,1H3;3-5H,1H2,2H3;2H,1H3/t13-,16-;;4-,5+;3-,4-;3-,4+;;/m1.010../s1. The minimum Gasteiger partial charge on any atom is -0.400 e. The molecule has 4 fully saturated rings. The number of nitrogens with zero attached hydrogens (tertiary/aromatic N) is 1. The number of aliphatic hydroxyl groups is 5. The lowest BCUT2D eigenvalue weighted by atomic mass is 9.90. The third-order valence-corrected chi connectivity index (χ3v) is 10.7.